The van der Waals surface area contributed by atoms with Crippen molar-refractivity contribution in [3.05, 3.63) is 34.9 Å². The molecule has 0 bridgehead atoms. The van der Waals surface area contributed by atoms with Gasteiger partial charge in [-0.05, 0) is 24.1 Å². The third-order valence-electron chi connectivity index (χ3n) is 1.97. The van der Waals surface area contributed by atoms with E-state index >= 15 is 0 Å². The largest absolute Gasteiger partial charge is 0.460 e. The second kappa shape index (κ2) is 7.30. The Balaban J connectivity index is 2.26. The number of benzene rings is 1. The first-order chi connectivity index (χ1) is 8.09. The van der Waals surface area contributed by atoms with Crippen LogP contribution >= 0.6 is 11.6 Å². The molecule has 1 aromatic rings. The van der Waals surface area contributed by atoms with Crippen LogP contribution in [0.25, 0.3) is 0 Å². The lowest BCUT2D eigenvalue weighted by Gasteiger charge is -2.07. The van der Waals surface area contributed by atoms with E-state index in [-0.39, 0.29) is 12.6 Å². The average Bonchev–Trinajstić information content (AvgIpc) is 2.28. The molecule has 0 aliphatic carbocycles. The Morgan fingerprint density at radius 2 is 2.12 bits per heavy atom. The number of carbonyl (C=O) groups is 1. The van der Waals surface area contributed by atoms with E-state index in [4.69, 9.17) is 21.1 Å². The van der Waals surface area contributed by atoms with Crippen LogP contribution in [0.5, 0.6) is 0 Å². The highest BCUT2D eigenvalue weighted by molar-refractivity contribution is 6.30. The highest BCUT2D eigenvalue weighted by Gasteiger charge is 2.06. The van der Waals surface area contributed by atoms with Gasteiger partial charge >= 0.3 is 5.97 Å². The number of rotatable bonds is 6. The smallest absolute Gasteiger partial charge is 0.338 e. The zero-order valence-electron chi connectivity index (χ0n) is 10.1. The molecule has 0 fully saturated rings. The molecule has 0 radical (unpaired) electrons. The highest BCUT2D eigenvalue weighted by atomic mass is 35.5. The summed E-state index contributed by atoms with van der Waals surface area (Å²) in [6.07, 6.45) is 0. The van der Waals surface area contributed by atoms with E-state index in [1.54, 1.807) is 24.3 Å². The van der Waals surface area contributed by atoms with Crippen molar-refractivity contribution in [2.45, 2.75) is 13.8 Å². The fourth-order valence-electron chi connectivity index (χ4n) is 1.21. The molecular formula is C13H17ClO3. The molecule has 0 saturated heterocycles. The van der Waals surface area contributed by atoms with Crippen molar-refractivity contribution >= 4 is 17.6 Å². The number of esters is 1. The number of halogens is 1. The third kappa shape index (κ3) is 5.71. The van der Waals surface area contributed by atoms with Crippen molar-refractivity contribution in [2.24, 2.45) is 5.92 Å². The molecule has 1 rings (SSSR count). The highest BCUT2D eigenvalue weighted by Crippen LogP contribution is 2.11. The summed E-state index contributed by atoms with van der Waals surface area (Å²) in [6, 6.07) is 6.68. The van der Waals surface area contributed by atoms with Gasteiger partial charge in [0, 0.05) is 11.6 Å². The monoisotopic (exact) mass is 256 g/mol. The van der Waals surface area contributed by atoms with E-state index < -0.39 is 0 Å². The molecule has 3 nitrogen and oxygen atoms in total. The SMILES string of the molecule is CC(C)COCCOC(=O)c1cccc(Cl)c1. The molecule has 0 aromatic heterocycles. The summed E-state index contributed by atoms with van der Waals surface area (Å²) in [5, 5.41) is 0.524. The van der Waals surface area contributed by atoms with Crippen LogP contribution in [0.15, 0.2) is 24.3 Å². The van der Waals surface area contributed by atoms with Crippen molar-refractivity contribution < 1.29 is 14.3 Å². The van der Waals surface area contributed by atoms with Gasteiger partial charge in [-0.2, -0.15) is 0 Å². The Morgan fingerprint density at radius 1 is 1.35 bits per heavy atom. The van der Waals surface area contributed by atoms with E-state index in [0.717, 1.165) is 0 Å². The zero-order chi connectivity index (χ0) is 12.7. The molecule has 0 aliphatic heterocycles. The first kappa shape index (κ1) is 14.0. The first-order valence-electron chi connectivity index (χ1n) is 5.60. The quantitative estimate of drug-likeness (QED) is 0.579. The molecule has 0 unspecified atom stereocenters. The van der Waals surface area contributed by atoms with Gasteiger partial charge < -0.3 is 9.47 Å². The number of hydrogen-bond acceptors (Lipinski definition) is 3. The molecule has 0 saturated carbocycles. The Bertz CT molecular complexity index is 363. The number of carbonyl (C=O) groups excluding carboxylic acids is 1. The fourth-order valence-corrected chi connectivity index (χ4v) is 1.40. The van der Waals surface area contributed by atoms with Gasteiger partial charge in [0.1, 0.15) is 6.61 Å². The summed E-state index contributed by atoms with van der Waals surface area (Å²) >= 11 is 5.78. The molecule has 0 heterocycles. The second-order valence-corrected chi connectivity index (χ2v) is 4.55. The molecule has 0 aliphatic rings. The third-order valence-corrected chi connectivity index (χ3v) is 2.21. The molecule has 0 atom stereocenters. The van der Waals surface area contributed by atoms with Crippen molar-refractivity contribution in [3.63, 3.8) is 0 Å². The molecule has 0 amide bonds. The minimum atomic E-state index is -0.374. The van der Waals surface area contributed by atoms with Crippen LogP contribution in [0.4, 0.5) is 0 Å². The Morgan fingerprint density at radius 3 is 2.76 bits per heavy atom. The summed E-state index contributed by atoms with van der Waals surface area (Å²) in [7, 11) is 0. The number of hydrogen-bond donors (Lipinski definition) is 0. The fraction of sp³-hybridized carbons (Fsp3) is 0.462. The lowest BCUT2D eigenvalue weighted by atomic mass is 10.2. The van der Waals surface area contributed by atoms with Crippen LogP contribution in [0.3, 0.4) is 0 Å². The van der Waals surface area contributed by atoms with Crippen LogP contribution < -0.4 is 0 Å². The standard InChI is InChI=1S/C13H17ClO3/c1-10(2)9-16-6-7-17-13(15)11-4-3-5-12(14)8-11/h3-5,8,10H,6-7,9H2,1-2H3. The van der Waals surface area contributed by atoms with E-state index in [1.807, 2.05) is 0 Å². The van der Waals surface area contributed by atoms with Gasteiger partial charge in [0.15, 0.2) is 0 Å². The van der Waals surface area contributed by atoms with E-state index in [2.05, 4.69) is 13.8 Å². The van der Waals surface area contributed by atoms with Crippen molar-refractivity contribution in [1.82, 2.24) is 0 Å². The minimum absolute atomic E-state index is 0.262. The lowest BCUT2D eigenvalue weighted by molar-refractivity contribution is 0.0277. The second-order valence-electron chi connectivity index (χ2n) is 4.12. The molecule has 94 valence electrons. The minimum Gasteiger partial charge on any atom is -0.460 e. The molecule has 4 heteroatoms. The van der Waals surface area contributed by atoms with Crippen LogP contribution in [-0.2, 0) is 9.47 Å². The van der Waals surface area contributed by atoms with Gasteiger partial charge in [-0.1, -0.05) is 31.5 Å². The average molecular weight is 257 g/mol. The molecule has 1 aromatic carbocycles. The van der Waals surface area contributed by atoms with Gasteiger partial charge in [-0.25, -0.2) is 4.79 Å². The van der Waals surface area contributed by atoms with Gasteiger partial charge in [0.25, 0.3) is 0 Å². The summed E-state index contributed by atoms with van der Waals surface area (Å²) in [4.78, 5) is 11.6. The van der Waals surface area contributed by atoms with Crippen LogP contribution in [0.1, 0.15) is 24.2 Å². The zero-order valence-corrected chi connectivity index (χ0v) is 10.9. The normalized spacial score (nSPS) is 10.6. The molecule has 17 heavy (non-hydrogen) atoms. The van der Waals surface area contributed by atoms with Crippen molar-refractivity contribution in [3.8, 4) is 0 Å². The van der Waals surface area contributed by atoms with Gasteiger partial charge in [0.2, 0.25) is 0 Å². The molecular weight excluding hydrogens is 240 g/mol. The summed E-state index contributed by atoms with van der Waals surface area (Å²) < 4.78 is 10.3. The Labute approximate surface area is 107 Å². The Kier molecular flexibility index (Phi) is 6.01. The number of ether oxygens (including phenoxy) is 2. The van der Waals surface area contributed by atoms with Crippen LogP contribution in [0, 0.1) is 5.92 Å². The topological polar surface area (TPSA) is 35.5 Å². The lowest BCUT2D eigenvalue weighted by Crippen LogP contribution is -2.12. The van der Waals surface area contributed by atoms with Gasteiger partial charge in [-0.3, -0.25) is 0 Å². The van der Waals surface area contributed by atoms with Crippen molar-refractivity contribution in [1.29, 1.82) is 0 Å². The molecule has 0 N–H and O–H groups in total. The Hall–Kier alpha value is -1.06. The first-order valence-corrected chi connectivity index (χ1v) is 5.98. The maximum Gasteiger partial charge on any atom is 0.338 e. The summed E-state index contributed by atoms with van der Waals surface area (Å²) in [5.41, 5.74) is 0.460. The van der Waals surface area contributed by atoms with E-state index in [9.17, 15) is 4.79 Å². The van der Waals surface area contributed by atoms with Gasteiger partial charge in [0.05, 0.1) is 12.2 Å². The maximum absolute atomic E-state index is 11.6. The van der Waals surface area contributed by atoms with E-state index in [1.165, 1.54) is 0 Å². The van der Waals surface area contributed by atoms with E-state index in [0.29, 0.717) is 29.7 Å². The van der Waals surface area contributed by atoms with Crippen LogP contribution in [0.2, 0.25) is 5.02 Å². The van der Waals surface area contributed by atoms with Crippen molar-refractivity contribution in [2.75, 3.05) is 19.8 Å². The summed E-state index contributed by atoms with van der Waals surface area (Å²) in [6.45, 7) is 5.49. The predicted molar refractivity (Wildman–Crippen MR) is 67.4 cm³/mol. The predicted octanol–water partition coefficient (Wildman–Crippen LogP) is 3.17. The maximum atomic E-state index is 11.6. The summed E-state index contributed by atoms with van der Waals surface area (Å²) in [5.74, 6) is 0.110. The van der Waals surface area contributed by atoms with Gasteiger partial charge in [-0.15, -0.1) is 0 Å². The molecule has 0 spiro atoms. The van der Waals surface area contributed by atoms with Crippen LogP contribution in [-0.4, -0.2) is 25.8 Å².